The topological polar surface area (TPSA) is 57.5 Å². The molecule has 0 saturated carbocycles. The molecule has 0 aliphatic rings. The second-order valence-corrected chi connectivity index (χ2v) is 4.44. The van der Waals surface area contributed by atoms with Crippen LogP contribution < -0.4 is 0 Å². The van der Waals surface area contributed by atoms with Gasteiger partial charge in [0.2, 0.25) is 0 Å². The lowest BCUT2D eigenvalue weighted by atomic mass is 10.2. The Labute approximate surface area is 145 Å². The lowest BCUT2D eigenvalue weighted by Gasteiger charge is -1.98. The summed E-state index contributed by atoms with van der Waals surface area (Å²) in [6.07, 6.45) is 11.0. The lowest BCUT2D eigenvalue weighted by Crippen LogP contribution is -1.97. The van der Waals surface area contributed by atoms with E-state index < -0.39 is 5.97 Å². The Morgan fingerprint density at radius 1 is 1.04 bits per heavy atom. The molecule has 0 saturated heterocycles. The van der Waals surface area contributed by atoms with Crippen molar-refractivity contribution >= 4 is 5.97 Å². The standard InChI is InChI=1S/C7H14O.C4H8O2.3C3H6/c1-3-4-5-6-7(2)8;1-2-3-4(5)6;3*1-3-2/h3,7-8H,1,4-6H2,2H3;2-3H2,1H3,(H,5,6);3*3H,1H2,2H3. The molecule has 0 aliphatic carbocycles. The van der Waals surface area contributed by atoms with Gasteiger partial charge in [-0.25, -0.2) is 0 Å². The van der Waals surface area contributed by atoms with E-state index >= 15 is 0 Å². The Balaban J connectivity index is -0.0000000636. The maximum atomic E-state index is 9.60. The molecule has 0 aromatic heterocycles. The van der Waals surface area contributed by atoms with Crippen LogP contribution in [0.15, 0.2) is 50.6 Å². The molecule has 0 aliphatic heterocycles. The largest absolute Gasteiger partial charge is 0.481 e. The first-order valence-electron chi connectivity index (χ1n) is 8.01. The fraction of sp³-hybridized carbons (Fsp3) is 0.550. The highest BCUT2D eigenvalue weighted by Gasteiger charge is 1.91. The number of allylic oxidation sites excluding steroid dienone is 4. The molecule has 0 radical (unpaired) electrons. The second-order valence-electron chi connectivity index (χ2n) is 4.44. The normalized spacial score (nSPS) is 8.43. The van der Waals surface area contributed by atoms with E-state index in [1.807, 2.05) is 40.7 Å². The van der Waals surface area contributed by atoms with E-state index in [2.05, 4.69) is 26.3 Å². The summed E-state index contributed by atoms with van der Waals surface area (Å²) in [5.41, 5.74) is 0. The van der Waals surface area contributed by atoms with Gasteiger partial charge in [0.25, 0.3) is 0 Å². The Morgan fingerprint density at radius 3 is 1.52 bits per heavy atom. The summed E-state index contributed by atoms with van der Waals surface area (Å²) in [7, 11) is 0. The number of hydrogen-bond acceptors (Lipinski definition) is 2. The molecular weight excluding hydrogens is 288 g/mol. The molecule has 0 aromatic carbocycles. The average molecular weight is 329 g/mol. The van der Waals surface area contributed by atoms with Crippen molar-refractivity contribution in [3.05, 3.63) is 50.6 Å². The van der Waals surface area contributed by atoms with Crippen LogP contribution in [-0.4, -0.2) is 22.3 Å². The molecule has 3 nitrogen and oxygen atoms in total. The summed E-state index contributed by atoms with van der Waals surface area (Å²) in [4.78, 5) is 9.60. The van der Waals surface area contributed by atoms with Crippen molar-refractivity contribution in [2.75, 3.05) is 0 Å². The summed E-state index contributed by atoms with van der Waals surface area (Å²) in [5, 5.41) is 16.7. The SMILES string of the molecule is C=CC.C=CC.C=CC.C=CCCCC(C)O.CCCC(=O)O. The van der Waals surface area contributed by atoms with Gasteiger partial charge in [0.1, 0.15) is 0 Å². The fourth-order valence-electron chi connectivity index (χ4n) is 0.771. The highest BCUT2D eigenvalue weighted by molar-refractivity contribution is 5.66. The lowest BCUT2D eigenvalue weighted by molar-refractivity contribution is -0.137. The average Bonchev–Trinajstić information content (AvgIpc) is 2.42. The molecule has 0 rings (SSSR count). The molecule has 138 valence electrons. The number of hydrogen-bond donors (Lipinski definition) is 2. The third kappa shape index (κ3) is 169. The number of aliphatic carboxylic acids is 1. The van der Waals surface area contributed by atoms with Crippen LogP contribution in [0, 0.1) is 0 Å². The predicted molar refractivity (Wildman–Crippen MR) is 106 cm³/mol. The van der Waals surface area contributed by atoms with Crippen LogP contribution >= 0.6 is 0 Å². The molecule has 23 heavy (non-hydrogen) atoms. The minimum Gasteiger partial charge on any atom is -0.481 e. The third-order valence-electron chi connectivity index (χ3n) is 1.49. The first-order chi connectivity index (χ1) is 10.8. The van der Waals surface area contributed by atoms with Gasteiger partial charge in [-0.3, -0.25) is 4.79 Å². The zero-order valence-corrected chi connectivity index (χ0v) is 16.1. The van der Waals surface area contributed by atoms with Crippen molar-refractivity contribution in [2.45, 2.75) is 72.8 Å². The first-order valence-corrected chi connectivity index (χ1v) is 8.01. The maximum absolute atomic E-state index is 9.60. The van der Waals surface area contributed by atoms with Gasteiger partial charge in [-0.2, -0.15) is 0 Å². The number of aliphatic hydroxyl groups excluding tert-OH is 1. The van der Waals surface area contributed by atoms with Crippen LogP contribution in [-0.2, 0) is 4.79 Å². The van der Waals surface area contributed by atoms with Crippen molar-refractivity contribution in [2.24, 2.45) is 0 Å². The molecule has 0 amide bonds. The van der Waals surface area contributed by atoms with Crippen LogP contribution in [0.25, 0.3) is 0 Å². The van der Waals surface area contributed by atoms with Crippen molar-refractivity contribution < 1.29 is 15.0 Å². The second kappa shape index (κ2) is 42.8. The van der Waals surface area contributed by atoms with Crippen LogP contribution in [0.1, 0.15) is 66.7 Å². The molecule has 0 heterocycles. The molecule has 0 fully saturated rings. The van der Waals surface area contributed by atoms with E-state index in [9.17, 15) is 4.79 Å². The molecule has 2 N–H and O–H groups in total. The van der Waals surface area contributed by atoms with E-state index in [1.54, 1.807) is 18.2 Å². The van der Waals surface area contributed by atoms with Crippen molar-refractivity contribution in [1.29, 1.82) is 0 Å². The van der Waals surface area contributed by atoms with Crippen molar-refractivity contribution in [3.63, 3.8) is 0 Å². The molecular formula is C20H40O3. The number of carboxylic acids is 1. The summed E-state index contributed by atoms with van der Waals surface area (Å²) < 4.78 is 0. The summed E-state index contributed by atoms with van der Waals surface area (Å²) in [5.74, 6) is -0.711. The number of unbranched alkanes of at least 4 members (excludes halogenated alkanes) is 1. The van der Waals surface area contributed by atoms with Crippen LogP contribution in [0.4, 0.5) is 0 Å². The third-order valence-corrected chi connectivity index (χ3v) is 1.49. The van der Waals surface area contributed by atoms with Crippen molar-refractivity contribution in [1.82, 2.24) is 0 Å². The number of carbonyl (C=O) groups is 1. The predicted octanol–water partition coefficient (Wildman–Crippen LogP) is 6.17. The summed E-state index contributed by atoms with van der Waals surface area (Å²) in [6.45, 7) is 23.0. The molecule has 3 heteroatoms. The van der Waals surface area contributed by atoms with Gasteiger partial charge in [-0.05, 0) is 53.4 Å². The van der Waals surface area contributed by atoms with Gasteiger partial charge >= 0.3 is 5.97 Å². The molecule has 1 atom stereocenters. The fourth-order valence-corrected chi connectivity index (χ4v) is 0.771. The van der Waals surface area contributed by atoms with E-state index in [0.29, 0.717) is 6.42 Å². The van der Waals surface area contributed by atoms with Crippen LogP contribution in [0.5, 0.6) is 0 Å². The Hall–Kier alpha value is -1.61. The minimum absolute atomic E-state index is 0.144. The maximum Gasteiger partial charge on any atom is 0.303 e. The van der Waals surface area contributed by atoms with Gasteiger partial charge in [-0.1, -0.05) is 31.2 Å². The Kier molecular flexibility index (Phi) is 61.5. The number of carboxylic acid groups (broad SMARTS) is 1. The van der Waals surface area contributed by atoms with E-state index in [0.717, 1.165) is 25.7 Å². The highest BCUT2D eigenvalue weighted by Crippen LogP contribution is 1.98. The number of aliphatic hydroxyl groups is 1. The van der Waals surface area contributed by atoms with Gasteiger partial charge in [0.15, 0.2) is 0 Å². The van der Waals surface area contributed by atoms with E-state index in [1.165, 1.54) is 0 Å². The van der Waals surface area contributed by atoms with E-state index in [-0.39, 0.29) is 6.10 Å². The monoisotopic (exact) mass is 328 g/mol. The smallest absolute Gasteiger partial charge is 0.303 e. The number of rotatable bonds is 6. The highest BCUT2D eigenvalue weighted by atomic mass is 16.4. The van der Waals surface area contributed by atoms with Gasteiger partial charge < -0.3 is 10.2 Å². The zero-order chi connectivity index (χ0) is 19.5. The Bertz CT molecular complexity index is 229. The first kappa shape index (κ1) is 33.1. The minimum atomic E-state index is -0.711. The van der Waals surface area contributed by atoms with Crippen LogP contribution in [0.3, 0.4) is 0 Å². The van der Waals surface area contributed by atoms with Crippen LogP contribution in [0.2, 0.25) is 0 Å². The van der Waals surface area contributed by atoms with Gasteiger partial charge in [-0.15, -0.1) is 26.3 Å². The Morgan fingerprint density at radius 2 is 1.39 bits per heavy atom. The quantitative estimate of drug-likeness (QED) is 0.452. The van der Waals surface area contributed by atoms with Crippen molar-refractivity contribution in [3.8, 4) is 0 Å². The molecule has 0 bridgehead atoms. The molecule has 0 aromatic rings. The summed E-state index contributed by atoms with van der Waals surface area (Å²) >= 11 is 0. The molecule has 1 unspecified atom stereocenters. The molecule has 0 spiro atoms. The zero-order valence-electron chi connectivity index (χ0n) is 16.1. The van der Waals surface area contributed by atoms with Gasteiger partial charge in [0, 0.05) is 6.42 Å². The summed E-state index contributed by atoms with van der Waals surface area (Å²) in [6, 6.07) is 0. The van der Waals surface area contributed by atoms with E-state index in [4.69, 9.17) is 10.2 Å². The van der Waals surface area contributed by atoms with Gasteiger partial charge in [0.05, 0.1) is 6.10 Å².